The molecule has 0 saturated heterocycles. The zero-order valence-corrected chi connectivity index (χ0v) is 16.8. The van der Waals surface area contributed by atoms with Crippen molar-refractivity contribution < 1.29 is 23.8 Å². The average molecular weight is 394 g/mol. The van der Waals surface area contributed by atoms with Crippen LogP contribution in [0, 0.1) is 18.8 Å². The molecule has 0 N–H and O–H groups in total. The van der Waals surface area contributed by atoms with Gasteiger partial charge in [0.15, 0.2) is 0 Å². The maximum atomic E-state index is 12.8. The number of methoxy groups -OCH3 is 1. The summed E-state index contributed by atoms with van der Waals surface area (Å²) in [6.45, 7) is 1.94. The molecular formula is C24H26O5. The fraction of sp³-hybridized carbons (Fsp3) is 0.417. The molecule has 5 rings (SSSR count). The molecule has 152 valence electrons. The number of hydrogen-bond acceptors (Lipinski definition) is 5. The molecule has 5 heteroatoms. The number of hydrogen-bond donors (Lipinski definition) is 0. The minimum Gasteiger partial charge on any atom is -0.497 e. The van der Waals surface area contributed by atoms with Crippen LogP contribution >= 0.6 is 0 Å². The van der Waals surface area contributed by atoms with Crippen LogP contribution in [0.25, 0.3) is 0 Å². The van der Waals surface area contributed by atoms with Gasteiger partial charge >= 0.3 is 11.9 Å². The van der Waals surface area contributed by atoms with E-state index in [0.29, 0.717) is 16.9 Å². The van der Waals surface area contributed by atoms with Crippen molar-refractivity contribution >= 4 is 11.9 Å². The number of rotatable bonds is 5. The fourth-order valence-corrected chi connectivity index (χ4v) is 4.57. The van der Waals surface area contributed by atoms with Crippen LogP contribution in [0.2, 0.25) is 0 Å². The summed E-state index contributed by atoms with van der Waals surface area (Å²) < 4.78 is 17.0. The Balaban J connectivity index is 1.52. The molecule has 0 amide bonds. The molecule has 2 aromatic carbocycles. The maximum Gasteiger partial charge on any atom is 0.338 e. The third-order valence-electron chi connectivity index (χ3n) is 6.11. The summed E-state index contributed by atoms with van der Waals surface area (Å²) >= 11 is 0. The first-order chi connectivity index (χ1) is 14.0. The molecule has 2 atom stereocenters. The topological polar surface area (TPSA) is 61.8 Å². The van der Waals surface area contributed by atoms with E-state index in [2.05, 4.69) is 0 Å². The first kappa shape index (κ1) is 19.5. The smallest absolute Gasteiger partial charge is 0.338 e. The van der Waals surface area contributed by atoms with Gasteiger partial charge in [-0.3, -0.25) is 0 Å². The first-order valence-electron chi connectivity index (χ1n) is 10.2. The lowest BCUT2D eigenvalue weighted by atomic mass is 9.67. The quantitative estimate of drug-likeness (QED) is 0.695. The van der Waals surface area contributed by atoms with E-state index in [1.165, 1.54) is 0 Å². The van der Waals surface area contributed by atoms with Gasteiger partial charge in [0.05, 0.1) is 18.2 Å². The lowest BCUT2D eigenvalue weighted by Gasteiger charge is -2.46. The Hall–Kier alpha value is -2.82. The van der Waals surface area contributed by atoms with Crippen molar-refractivity contribution in [3.05, 3.63) is 65.2 Å². The van der Waals surface area contributed by atoms with Gasteiger partial charge < -0.3 is 14.2 Å². The van der Waals surface area contributed by atoms with E-state index in [9.17, 15) is 9.59 Å². The minimum absolute atomic E-state index is 0.227. The Morgan fingerprint density at radius 2 is 1.31 bits per heavy atom. The summed E-state index contributed by atoms with van der Waals surface area (Å²) in [4.78, 5) is 25.5. The Morgan fingerprint density at radius 3 is 1.83 bits per heavy atom. The molecule has 2 unspecified atom stereocenters. The summed E-state index contributed by atoms with van der Waals surface area (Å²) in [5, 5.41) is 0. The predicted octanol–water partition coefficient (Wildman–Crippen LogP) is 4.57. The first-order valence-corrected chi connectivity index (χ1v) is 10.2. The van der Waals surface area contributed by atoms with E-state index in [-0.39, 0.29) is 17.8 Å². The number of esters is 2. The second kappa shape index (κ2) is 8.27. The van der Waals surface area contributed by atoms with Crippen LogP contribution in [0.4, 0.5) is 0 Å². The van der Waals surface area contributed by atoms with Crippen molar-refractivity contribution in [2.24, 2.45) is 11.8 Å². The molecule has 5 nitrogen and oxygen atoms in total. The number of aryl methyl sites for hydroxylation is 1. The van der Waals surface area contributed by atoms with E-state index in [1.807, 2.05) is 25.1 Å². The van der Waals surface area contributed by atoms with Gasteiger partial charge in [0.2, 0.25) is 0 Å². The van der Waals surface area contributed by atoms with Crippen LogP contribution < -0.4 is 4.74 Å². The van der Waals surface area contributed by atoms with Crippen LogP contribution in [0.3, 0.4) is 0 Å². The van der Waals surface area contributed by atoms with Gasteiger partial charge in [0.1, 0.15) is 18.0 Å². The van der Waals surface area contributed by atoms with Crippen molar-refractivity contribution in [3.8, 4) is 5.75 Å². The van der Waals surface area contributed by atoms with Crippen molar-refractivity contribution in [1.29, 1.82) is 0 Å². The van der Waals surface area contributed by atoms with Crippen molar-refractivity contribution in [2.45, 2.75) is 44.8 Å². The predicted molar refractivity (Wildman–Crippen MR) is 108 cm³/mol. The summed E-state index contributed by atoms with van der Waals surface area (Å²) in [6.07, 6.45) is 3.20. The maximum absolute atomic E-state index is 12.8. The molecule has 3 aliphatic carbocycles. The number of carbonyl (C=O) groups excluding carboxylic acids is 2. The highest BCUT2D eigenvalue weighted by molar-refractivity contribution is 5.90. The average Bonchev–Trinajstić information content (AvgIpc) is 2.76. The zero-order valence-electron chi connectivity index (χ0n) is 16.8. The Labute approximate surface area is 171 Å². The van der Waals surface area contributed by atoms with Crippen molar-refractivity contribution in [3.63, 3.8) is 0 Å². The molecule has 2 bridgehead atoms. The van der Waals surface area contributed by atoms with E-state index in [0.717, 1.165) is 31.2 Å². The van der Waals surface area contributed by atoms with Gasteiger partial charge in [-0.15, -0.1) is 0 Å². The molecule has 0 aromatic heterocycles. The summed E-state index contributed by atoms with van der Waals surface area (Å²) in [6, 6.07) is 14.3. The van der Waals surface area contributed by atoms with E-state index in [4.69, 9.17) is 14.2 Å². The molecule has 0 spiro atoms. The third kappa shape index (κ3) is 4.14. The summed E-state index contributed by atoms with van der Waals surface area (Å²) in [5.74, 6) is 0.306. The number of benzene rings is 2. The Morgan fingerprint density at radius 1 is 0.793 bits per heavy atom. The monoisotopic (exact) mass is 394 g/mol. The standard InChI is InChI=1S/C24H26O5/c1-15-5-3-6-18(13-15)23(25)28-21-16-9-11-17(12-10-16)22(21)29-24(26)19-7-4-8-20(14-19)27-2/h3-8,13-14,16-17,21-22H,9-12H2,1-2H3. The van der Waals surface area contributed by atoms with Gasteiger partial charge in [-0.1, -0.05) is 23.8 Å². The second-order valence-corrected chi connectivity index (χ2v) is 8.02. The van der Waals surface area contributed by atoms with Gasteiger partial charge in [0, 0.05) is 0 Å². The molecular weight excluding hydrogens is 368 g/mol. The van der Waals surface area contributed by atoms with Crippen molar-refractivity contribution in [2.75, 3.05) is 7.11 Å². The zero-order chi connectivity index (χ0) is 20.4. The Kier molecular flexibility index (Phi) is 5.56. The van der Waals surface area contributed by atoms with E-state index in [1.54, 1.807) is 37.4 Å². The summed E-state index contributed by atoms with van der Waals surface area (Å²) in [5.41, 5.74) is 1.98. The van der Waals surface area contributed by atoms with Gasteiger partial charge in [-0.2, -0.15) is 0 Å². The molecule has 3 saturated carbocycles. The molecule has 29 heavy (non-hydrogen) atoms. The molecule has 0 aliphatic heterocycles. The lowest BCUT2D eigenvalue weighted by molar-refractivity contribution is -0.121. The highest BCUT2D eigenvalue weighted by atomic mass is 16.6. The van der Waals surface area contributed by atoms with Crippen LogP contribution in [0.15, 0.2) is 48.5 Å². The molecule has 2 aromatic rings. The second-order valence-electron chi connectivity index (χ2n) is 8.02. The van der Waals surface area contributed by atoms with E-state index < -0.39 is 18.2 Å². The van der Waals surface area contributed by atoms with Crippen LogP contribution in [0.1, 0.15) is 52.0 Å². The fourth-order valence-electron chi connectivity index (χ4n) is 4.57. The van der Waals surface area contributed by atoms with Crippen LogP contribution in [-0.4, -0.2) is 31.3 Å². The van der Waals surface area contributed by atoms with Crippen LogP contribution in [0.5, 0.6) is 5.75 Å². The number of fused-ring (bicyclic) bond motifs is 3. The van der Waals surface area contributed by atoms with E-state index >= 15 is 0 Å². The third-order valence-corrected chi connectivity index (χ3v) is 6.11. The molecule has 3 fully saturated rings. The van der Waals surface area contributed by atoms with Gasteiger partial charge in [0.25, 0.3) is 0 Å². The molecule has 0 radical (unpaired) electrons. The lowest BCUT2D eigenvalue weighted by Crippen LogP contribution is -2.52. The number of ether oxygens (including phenoxy) is 3. The SMILES string of the molecule is COc1cccc(C(=O)OC2C3CCC(CC3)C2OC(=O)c2cccc(C)c2)c1. The largest absolute Gasteiger partial charge is 0.497 e. The number of carbonyl (C=O) groups is 2. The highest BCUT2D eigenvalue weighted by Gasteiger charge is 2.48. The minimum atomic E-state index is -0.407. The summed E-state index contributed by atoms with van der Waals surface area (Å²) in [7, 11) is 1.56. The molecule has 0 heterocycles. The molecule has 3 aliphatic rings. The van der Waals surface area contributed by atoms with Crippen LogP contribution in [-0.2, 0) is 9.47 Å². The van der Waals surface area contributed by atoms with Gasteiger partial charge in [-0.05, 0) is 74.8 Å². The van der Waals surface area contributed by atoms with Gasteiger partial charge in [-0.25, -0.2) is 9.59 Å². The normalized spacial score (nSPS) is 25.3. The highest BCUT2D eigenvalue weighted by Crippen LogP contribution is 2.44. The van der Waals surface area contributed by atoms with Crippen molar-refractivity contribution in [1.82, 2.24) is 0 Å². The Bertz CT molecular complexity index is 898.